The van der Waals surface area contributed by atoms with Crippen LogP contribution in [0.4, 0.5) is 0 Å². The number of fused-ring (bicyclic) bond motifs is 2. The Labute approximate surface area is 78.4 Å². The first-order valence-corrected chi connectivity index (χ1v) is 5.22. The summed E-state index contributed by atoms with van der Waals surface area (Å²) in [6, 6.07) is 0. The molecule has 0 heterocycles. The fourth-order valence-corrected chi connectivity index (χ4v) is 1.34. The second-order valence-electron chi connectivity index (χ2n) is 2.65. The number of rotatable bonds is 2. The minimum absolute atomic E-state index is 0.297. The minimum Gasteiger partial charge on any atom is -0.133 e. The standard InChI is InChI=1S/C7H6.C2H5O3P/c1-2-7-4-3-6(1)5-7;1-2-5-6(3)4/h1-4H,5H2;2H2,1H3/p+1. The fourth-order valence-electron chi connectivity index (χ4n) is 1.12. The van der Waals surface area contributed by atoms with Gasteiger partial charge in [0.2, 0.25) is 0 Å². The van der Waals surface area contributed by atoms with Crippen molar-refractivity contribution in [3.63, 3.8) is 0 Å². The smallest absolute Gasteiger partial charge is 0.133 e. The first kappa shape index (κ1) is 10.3. The fraction of sp³-hybridized carbons (Fsp3) is 0.333. The van der Waals surface area contributed by atoms with Crippen molar-refractivity contribution in [2.24, 2.45) is 0 Å². The Bertz CT molecular complexity index is 269. The summed E-state index contributed by atoms with van der Waals surface area (Å²) in [6.45, 7) is 1.95. The maximum Gasteiger partial charge on any atom is 0.694 e. The molecule has 3 nitrogen and oxygen atoms in total. The molecule has 1 atom stereocenters. The number of allylic oxidation sites excluding steroid dienone is 6. The Morgan fingerprint density at radius 1 is 1.46 bits per heavy atom. The summed E-state index contributed by atoms with van der Waals surface area (Å²) < 4.78 is 13.6. The summed E-state index contributed by atoms with van der Waals surface area (Å²) in [7, 11) is -2.35. The molecule has 0 amide bonds. The number of hydrogen-bond donors (Lipinski definition) is 1. The van der Waals surface area contributed by atoms with E-state index in [1.165, 1.54) is 17.6 Å². The van der Waals surface area contributed by atoms with E-state index in [4.69, 9.17) is 4.89 Å². The average molecular weight is 199 g/mol. The zero-order valence-electron chi connectivity index (χ0n) is 7.43. The van der Waals surface area contributed by atoms with Gasteiger partial charge in [0.25, 0.3) is 0 Å². The van der Waals surface area contributed by atoms with Crippen molar-refractivity contribution in [3.8, 4) is 0 Å². The van der Waals surface area contributed by atoms with E-state index in [1.54, 1.807) is 6.92 Å². The third-order valence-electron chi connectivity index (χ3n) is 1.67. The van der Waals surface area contributed by atoms with Gasteiger partial charge in [0.05, 0.1) is 0 Å². The van der Waals surface area contributed by atoms with Gasteiger partial charge in [0.15, 0.2) is 0 Å². The SMILES string of the molecule is C1=CC2=CC=C1C2.CCO[P+](=O)O. The zero-order valence-corrected chi connectivity index (χ0v) is 8.33. The normalized spacial score (nSPS) is 17.5. The van der Waals surface area contributed by atoms with Crippen LogP contribution in [-0.4, -0.2) is 11.5 Å². The van der Waals surface area contributed by atoms with E-state index < -0.39 is 8.25 Å². The van der Waals surface area contributed by atoms with Crippen molar-refractivity contribution in [2.75, 3.05) is 6.61 Å². The van der Waals surface area contributed by atoms with Crippen LogP contribution in [0.1, 0.15) is 13.3 Å². The van der Waals surface area contributed by atoms with Crippen LogP contribution in [-0.2, 0) is 9.09 Å². The first-order valence-electron chi connectivity index (χ1n) is 4.09. The van der Waals surface area contributed by atoms with Gasteiger partial charge in [-0.3, -0.25) is 0 Å². The van der Waals surface area contributed by atoms with E-state index in [0.29, 0.717) is 6.61 Å². The highest BCUT2D eigenvalue weighted by atomic mass is 31.1. The highest BCUT2D eigenvalue weighted by Gasteiger charge is 2.07. The van der Waals surface area contributed by atoms with Crippen LogP contribution >= 0.6 is 8.25 Å². The average Bonchev–Trinajstić information content (AvgIpc) is 2.66. The lowest BCUT2D eigenvalue weighted by molar-refractivity contribution is 0.297. The maximum absolute atomic E-state index is 9.53. The summed E-state index contributed by atoms with van der Waals surface area (Å²) in [5.74, 6) is 0. The Kier molecular flexibility index (Phi) is 4.03. The van der Waals surface area contributed by atoms with Gasteiger partial charge >= 0.3 is 8.25 Å². The lowest BCUT2D eigenvalue weighted by Crippen LogP contribution is -1.72. The van der Waals surface area contributed by atoms with E-state index >= 15 is 0 Å². The van der Waals surface area contributed by atoms with Crippen LogP contribution in [0.15, 0.2) is 35.5 Å². The largest absolute Gasteiger partial charge is 0.694 e. The molecule has 0 aromatic carbocycles. The Hall–Kier alpha value is -0.760. The topological polar surface area (TPSA) is 46.5 Å². The van der Waals surface area contributed by atoms with Crippen LogP contribution in [0.5, 0.6) is 0 Å². The summed E-state index contributed by atoms with van der Waals surface area (Å²) in [5.41, 5.74) is 2.94. The van der Waals surface area contributed by atoms with Crippen LogP contribution in [0.3, 0.4) is 0 Å². The molecule has 2 aliphatic rings. The molecule has 0 saturated carbocycles. The van der Waals surface area contributed by atoms with E-state index in [2.05, 4.69) is 28.8 Å². The molecule has 0 spiro atoms. The molecular formula is C9H12O3P+. The summed E-state index contributed by atoms with van der Waals surface area (Å²) >= 11 is 0. The quantitative estimate of drug-likeness (QED) is 0.695. The predicted octanol–water partition coefficient (Wildman–Crippen LogP) is 2.49. The number of hydrogen-bond acceptors (Lipinski definition) is 2. The monoisotopic (exact) mass is 199 g/mol. The van der Waals surface area contributed by atoms with Crippen molar-refractivity contribution < 1.29 is 14.0 Å². The molecule has 1 N–H and O–H groups in total. The van der Waals surface area contributed by atoms with Gasteiger partial charge in [-0.25, -0.2) is 0 Å². The third kappa shape index (κ3) is 3.64. The summed E-state index contributed by atoms with van der Waals surface area (Å²) in [5, 5.41) is 0. The lowest BCUT2D eigenvalue weighted by atomic mass is 10.3. The molecule has 2 aliphatic carbocycles. The van der Waals surface area contributed by atoms with Gasteiger partial charge in [-0.2, -0.15) is 0 Å². The molecule has 2 rings (SSSR count). The van der Waals surface area contributed by atoms with Crippen LogP contribution in [0.2, 0.25) is 0 Å². The zero-order chi connectivity index (χ0) is 9.68. The van der Waals surface area contributed by atoms with Crippen molar-refractivity contribution in [1.82, 2.24) is 0 Å². The van der Waals surface area contributed by atoms with Crippen LogP contribution < -0.4 is 0 Å². The van der Waals surface area contributed by atoms with Gasteiger partial charge in [0.1, 0.15) is 6.61 Å². The van der Waals surface area contributed by atoms with Crippen molar-refractivity contribution in [1.29, 1.82) is 0 Å². The molecule has 13 heavy (non-hydrogen) atoms. The van der Waals surface area contributed by atoms with Gasteiger partial charge in [0, 0.05) is 4.57 Å². The molecule has 0 fully saturated rings. The van der Waals surface area contributed by atoms with Gasteiger partial charge in [-0.15, -0.1) is 9.42 Å². The van der Waals surface area contributed by atoms with Crippen LogP contribution in [0, 0.1) is 0 Å². The summed E-state index contributed by atoms with van der Waals surface area (Å²) in [4.78, 5) is 7.84. The molecule has 0 saturated heterocycles. The lowest BCUT2D eigenvalue weighted by Gasteiger charge is -1.77. The minimum atomic E-state index is -2.35. The van der Waals surface area contributed by atoms with Crippen LogP contribution in [0.25, 0.3) is 0 Å². The molecule has 0 aromatic heterocycles. The molecule has 2 bridgehead atoms. The highest BCUT2D eigenvalue weighted by Crippen LogP contribution is 2.27. The van der Waals surface area contributed by atoms with E-state index in [0.717, 1.165) is 0 Å². The van der Waals surface area contributed by atoms with Crippen molar-refractivity contribution in [2.45, 2.75) is 13.3 Å². The van der Waals surface area contributed by atoms with E-state index in [1.807, 2.05) is 0 Å². The van der Waals surface area contributed by atoms with Gasteiger partial charge in [-0.05, 0) is 24.5 Å². The molecule has 1 unspecified atom stereocenters. The molecule has 70 valence electrons. The maximum atomic E-state index is 9.53. The molecule has 0 aromatic rings. The van der Waals surface area contributed by atoms with Gasteiger partial charge < -0.3 is 0 Å². The molecule has 0 aliphatic heterocycles. The van der Waals surface area contributed by atoms with Gasteiger partial charge in [-0.1, -0.05) is 24.3 Å². The molecule has 0 radical (unpaired) electrons. The van der Waals surface area contributed by atoms with E-state index in [9.17, 15) is 4.57 Å². The van der Waals surface area contributed by atoms with Crippen molar-refractivity contribution in [3.05, 3.63) is 35.5 Å². The van der Waals surface area contributed by atoms with E-state index in [-0.39, 0.29) is 0 Å². The molecule has 4 heteroatoms. The second kappa shape index (κ2) is 5.07. The summed E-state index contributed by atoms with van der Waals surface area (Å²) in [6.07, 6.45) is 9.90. The second-order valence-corrected chi connectivity index (χ2v) is 3.38. The third-order valence-corrected chi connectivity index (χ3v) is 2.15. The van der Waals surface area contributed by atoms with Crippen molar-refractivity contribution >= 4 is 8.25 Å². The Morgan fingerprint density at radius 3 is 2.08 bits per heavy atom. The highest BCUT2D eigenvalue weighted by molar-refractivity contribution is 7.32. The Morgan fingerprint density at radius 2 is 2.00 bits per heavy atom. The predicted molar refractivity (Wildman–Crippen MR) is 51.4 cm³/mol. The first-order chi connectivity index (χ1) is 6.22. The molecular weight excluding hydrogens is 187 g/mol. The Balaban J connectivity index is 0.000000133.